The molecule has 0 saturated heterocycles. The Labute approximate surface area is 171 Å². The molecule has 3 aliphatic rings. The lowest BCUT2D eigenvalue weighted by molar-refractivity contribution is -0.151. The number of benzene rings is 1. The van der Waals surface area contributed by atoms with Crippen LogP contribution in [0.1, 0.15) is 70.8 Å². The third kappa shape index (κ3) is 3.87. The summed E-state index contributed by atoms with van der Waals surface area (Å²) in [5.74, 6) is -1.25. The van der Waals surface area contributed by atoms with E-state index in [9.17, 15) is 14.7 Å². The molecule has 5 heteroatoms. The standard InChI is InChI=1S/C24H29NO4/c1-14-20(23(28)29-17-9-4-5-10-17)21(15-7-6-8-16(26)11-15)22-18(25-14)12-24(2,3)13-19(22)27/h6-8,11,17,20-21,26H,4-5,9-10,12-13H2,1-3H3/t20?,21-/m0/s1. The van der Waals surface area contributed by atoms with Gasteiger partial charge >= 0.3 is 5.97 Å². The van der Waals surface area contributed by atoms with Crippen LogP contribution >= 0.6 is 0 Å². The first-order valence-electron chi connectivity index (χ1n) is 10.6. The molecule has 1 aromatic carbocycles. The van der Waals surface area contributed by atoms with Crippen LogP contribution in [0.5, 0.6) is 5.75 Å². The number of Topliss-reactive ketones (excluding diaryl/α,β-unsaturated/α-hetero) is 1. The van der Waals surface area contributed by atoms with Gasteiger partial charge in [-0.2, -0.15) is 0 Å². The topological polar surface area (TPSA) is 76.0 Å². The highest BCUT2D eigenvalue weighted by Gasteiger charge is 2.46. The lowest BCUT2D eigenvalue weighted by atomic mass is 9.67. The number of ether oxygens (including phenoxy) is 1. The molecule has 4 rings (SSSR count). The van der Waals surface area contributed by atoms with Crippen molar-refractivity contribution in [3.05, 3.63) is 41.1 Å². The second-order valence-electron chi connectivity index (χ2n) is 9.45. The number of rotatable bonds is 3. The van der Waals surface area contributed by atoms with Gasteiger partial charge in [0.25, 0.3) is 0 Å². The molecule has 0 amide bonds. The minimum absolute atomic E-state index is 0.0412. The molecule has 29 heavy (non-hydrogen) atoms. The van der Waals surface area contributed by atoms with E-state index in [-0.39, 0.29) is 29.0 Å². The summed E-state index contributed by atoms with van der Waals surface area (Å²) in [6, 6.07) is 6.87. The van der Waals surface area contributed by atoms with E-state index in [1.807, 2.05) is 13.0 Å². The Kier molecular flexibility index (Phi) is 5.09. The third-order valence-corrected chi connectivity index (χ3v) is 6.37. The average Bonchev–Trinajstić information content (AvgIpc) is 3.12. The van der Waals surface area contributed by atoms with Crippen LogP contribution in [0.25, 0.3) is 0 Å². The highest BCUT2D eigenvalue weighted by atomic mass is 16.5. The van der Waals surface area contributed by atoms with Crippen LogP contribution in [0.15, 0.2) is 40.5 Å². The summed E-state index contributed by atoms with van der Waals surface area (Å²) in [6.45, 7) is 6.00. The lowest BCUT2D eigenvalue weighted by Crippen LogP contribution is -2.40. The molecular formula is C24H29NO4. The van der Waals surface area contributed by atoms with Crippen LogP contribution in [0.4, 0.5) is 0 Å². The molecule has 1 fully saturated rings. The Bertz CT molecular complexity index is 905. The molecule has 0 aromatic heterocycles. The molecule has 1 aliphatic heterocycles. The van der Waals surface area contributed by atoms with E-state index < -0.39 is 11.8 Å². The lowest BCUT2D eigenvalue weighted by Gasteiger charge is -2.39. The highest BCUT2D eigenvalue weighted by Crippen LogP contribution is 2.48. The van der Waals surface area contributed by atoms with Crippen molar-refractivity contribution in [2.75, 3.05) is 0 Å². The van der Waals surface area contributed by atoms with E-state index in [1.165, 1.54) is 0 Å². The third-order valence-electron chi connectivity index (χ3n) is 6.37. The molecule has 1 N–H and O–H groups in total. The van der Waals surface area contributed by atoms with E-state index in [0.29, 0.717) is 24.1 Å². The number of carbonyl (C=O) groups is 2. The van der Waals surface area contributed by atoms with Crippen LogP contribution in [0.3, 0.4) is 0 Å². The summed E-state index contributed by atoms with van der Waals surface area (Å²) in [5, 5.41) is 10.1. The zero-order valence-corrected chi connectivity index (χ0v) is 17.4. The Hall–Kier alpha value is -2.43. The maximum absolute atomic E-state index is 13.2. The number of esters is 1. The fourth-order valence-electron chi connectivity index (χ4n) is 5.07. The van der Waals surface area contributed by atoms with E-state index in [4.69, 9.17) is 9.73 Å². The normalized spacial score (nSPS) is 26.9. The maximum atomic E-state index is 13.2. The predicted octanol–water partition coefficient (Wildman–Crippen LogP) is 4.70. The minimum atomic E-state index is -0.638. The van der Waals surface area contributed by atoms with Crippen molar-refractivity contribution in [3.8, 4) is 5.75 Å². The van der Waals surface area contributed by atoms with Crippen LogP contribution in [-0.4, -0.2) is 28.7 Å². The number of aromatic hydroxyl groups is 1. The molecule has 2 atom stereocenters. The van der Waals surface area contributed by atoms with Crippen molar-refractivity contribution in [1.29, 1.82) is 0 Å². The van der Waals surface area contributed by atoms with Gasteiger partial charge in [0.2, 0.25) is 0 Å². The van der Waals surface area contributed by atoms with Crippen LogP contribution in [0, 0.1) is 11.3 Å². The van der Waals surface area contributed by atoms with Crippen molar-refractivity contribution in [2.24, 2.45) is 16.3 Å². The second kappa shape index (κ2) is 7.43. The Morgan fingerprint density at radius 2 is 1.93 bits per heavy atom. The van der Waals surface area contributed by atoms with E-state index in [1.54, 1.807) is 18.2 Å². The van der Waals surface area contributed by atoms with E-state index >= 15 is 0 Å². The zero-order chi connectivity index (χ0) is 20.8. The van der Waals surface area contributed by atoms with Gasteiger partial charge < -0.3 is 9.84 Å². The van der Waals surface area contributed by atoms with Gasteiger partial charge in [-0.1, -0.05) is 26.0 Å². The minimum Gasteiger partial charge on any atom is -0.508 e. The number of nitrogens with zero attached hydrogens (tertiary/aromatic N) is 1. The summed E-state index contributed by atoms with van der Waals surface area (Å²) < 4.78 is 5.84. The van der Waals surface area contributed by atoms with Gasteiger partial charge in [-0.15, -0.1) is 0 Å². The number of phenols is 1. The molecule has 1 heterocycles. The molecule has 1 aromatic rings. The van der Waals surface area contributed by atoms with Crippen LogP contribution < -0.4 is 0 Å². The summed E-state index contributed by atoms with van der Waals surface area (Å²) in [6.07, 6.45) is 5.03. The summed E-state index contributed by atoms with van der Waals surface area (Å²) >= 11 is 0. The van der Waals surface area contributed by atoms with Crippen LogP contribution in [-0.2, 0) is 14.3 Å². The Morgan fingerprint density at radius 1 is 1.21 bits per heavy atom. The SMILES string of the molecule is CC1=NC2=C(C(=O)CC(C)(C)C2)[C@@H](c2cccc(O)c2)C1C(=O)OC1CCCC1. The van der Waals surface area contributed by atoms with Crippen molar-refractivity contribution in [2.45, 2.75) is 71.3 Å². The molecule has 154 valence electrons. The van der Waals surface area contributed by atoms with Gasteiger partial charge in [-0.25, -0.2) is 0 Å². The monoisotopic (exact) mass is 395 g/mol. The number of allylic oxidation sites excluding steroid dienone is 2. The van der Waals surface area contributed by atoms with Crippen molar-refractivity contribution in [3.63, 3.8) is 0 Å². The largest absolute Gasteiger partial charge is 0.508 e. The van der Waals surface area contributed by atoms with Gasteiger partial charge in [-0.05, 0) is 62.1 Å². The van der Waals surface area contributed by atoms with Crippen LogP contribution in [0.2, 0.25) is 0 Å². The fraction of sp³-hybridized carbons (Fsp3) is 0.542. The molecule has 2 aliphatic carbocycles. The van der Waals surface area contributed by atoms with Crippen molar-refractivity contribution in [1.82, 2.24) is 0 Å². The van der Waals surface area contributed by atoms with Gasteiger partial charge in [-0.3, -0.25) is 14.6 Å². The molecule has 0 radical (unpaired) electrons. The van der Waals surface area contributed by atoms with Gasteiger partial charge in [0.15, 0.2) is 5.78 Å². The smallest absolute Gasteiger partial charge is 0.315 e. The van der Waals surface area contributed by atoms with E-state index in [0.717, 1.165) is 36.9 Å². The van der Waals surface area contributed by atoms with E-state index in [2.05, 4.69) is 13.8 Å². The first kappa shape index (κ1) is 19.9. The second-order valence-corrected chi connectivity index (χ2v) is 9.45. The van der Waals surface area contributed by atoms with Gasteiger partial charge in [0, 0.05) is 29.3 Å². The highest BCUT2D eigenvalue weighted by molar-refractivity contribution is 6.09. The number of phenolic OH excluding ortho intramolecular Hbond substituents is 1. The average molecular weight is 395 g/mol. The predicted molar refractivity (Wildman–Crippen MR) is 111 cm³/mol. The quantitative estimate of drug-likeness (QED) is 0.753. The maximum Gasteiger partial charge on any atom is 0.315 e. The summed E-state index contributed by atoms with van der Waals surface area (Å²) in [4.78, 5) is 31.2. The molecule has 1 unspecified atom stereocenters. The Balaban J connectivity index is 1.78. The number of hydrogen-bond donors (Lipinski definition) is 1. The fourth-order valence-corrected chi connectivity index (χ4v) is 5.07. The Morgan fingerprint density at radius 3 is 2.62 bits per heavy atom. The molecular weight excluding hydrogens is 366 g/mol. The molecule has 1 saturated carbocycles. The number of ketones is 1. The first-order valence-corrected chi connectivity index (χ1v) is 10.6. The van der Waals surface area contributed by atoms with Crippen molar-refractivity contribution < 1.29 is 19.4 Å². The first-order chi connectivity index (χ1) is 13.7. The summed E-state index contributed by atoms with van der Waals surface area (Å²) in [5.41, 5.74) is 2.69. The van der Waals surface area contributed by atoms with Gasteiger partial charge in [0.05, 0.1) is 0 Å². The summed E-state index contributed by atoms with van der Waals surface area (Å²) in [7, 11) is 0. The zero-order valence-electron chi connectivity index (χ0n) is 17.4. The number of hydrogen-bond acceptors (Lipinski definition) is 5. The van der Waals surface area contributed by atoms with Crippen molar-refractivity contribution >= 4 is 17.5 Å². The van der Waals surface area contributed by atoms with Gasteiger partial charge in [0.1, 0.15) is 17.8 Å². The molecule has 5 nitrogen and oxygen atoms in total. The molecule has 0 bridgehead atoms. The number of aliphatic imine (C=N–C) groups is 1. The molecule has 0 spiro atoms. The number of carbonyl (C=O) groups excluding carboxylic acids is 2.